The lowest BCUT2D eigenvalue weighted by atomic mass is 9.72. The monoisotopic (exact) mass is 503 g/mol. The molecule has 2 aliphatic rings. The number of piperidine rings is 1. The van der Waals surface area contributed by atoms with E-state index in [9.17, 15) is 4.79 Å². The Hall–Kier alpha value is -2.86. The number of nitrogens with zero attached hydrogens (tertiary/aromatic N) is 2. The number of thiophene rings is 1. The lowest BCUT2D eigenvalue weighted by Crippen LogP contribution is -2.29. The van der Waals surface area contributed by atoms with Crippen molar-refractivity contribution in [3.63, 3.8) is 0 Å². The largest absolute Gasteiger partial charge is 0.467 e. The standard InChI is InChI=1S/C30H37N3O2S/c1-30(2,3)22-11-14-25-26(18-22)36-29(27(25)28(34)31-20-24-8-7-17-35-24)32-19-21-9-12-23(13-10-21)33-15-5-4-6-16-33/h7-10,12-13,17,19,22H,4-6,11,14-16,18,20H2,1-3H3,(H,31,34)/t22-/m1/s1. The molecule has 6 heteroatoms. The van der Waals surface area contributed by atoms with Crippen molar-refractivity contribution in [2.24, 2.45) is 16.3 Å². The number of aliphatic imine (C=N–C) groups is 1. The van der Waals surface area contributed by atoms with Crippen LogP contribution in [0, 0.1) is 11.3 Å². The molecule has 0 saturated carbocycles. The second-order valence-electron chi connectivity index (χ2n) is 11.1. The molecular formula is C30H37N3O2S. The van der Waals surface area contributed by atoms with Crippen LogP contribution in [0.1, 0.15) is 78.6 Å². The van der Waals surface area contributed by atoms with Gasteiger partial charge in [0, 0.05) is 29.9 Å². The summed E-state index contributed by atoms with van der Waals surface area (Å²) in [6, 6.07) is 12.4. The molecule has 0 unspecified atom stereocenters. The van der Waals surface area contributed by atoms with Crippen molar-refractivity contribution < 1.29 is 9.21 Å². The van der Waals surface area contributed by atoms with Gasteiger partial charge in [-0.15, -0.1) is 11.3 Å². The van der Waals surface area contributed by atoms with Gasteiger partial charge >= 0.3 is 0 Å². The molecule has 1 atom stereocenters. The zero-order valence-corrected chi connectivity index (χ0v) is 22.5. The van der Waals surface area contributed by atoms with Gasteiger partial charge in [-0.25, -0.2) is 4.99 Å². The summed E-state index contributed by atoms with van der Waals surface area (Å²) >= 11 is 1.69. The zero-order chi connectivity index (χ0) is 25.1. The highest BCUT2D eigenvalue weighted by molar-refractivity contribution is 7.16. The van der Waals surface area contributed by atoms with E-state index in [0.717, 1.165) is 54.2 Å². The molecule has 1 saturated heterocycles. The molecule has 3 aromatic rings. The van der Waals surface area contributed by atoms with E-state index in [4.69, 9.17) is 9.41 Å². The van der Waals surface area contributed by atoms with Crippen molar-refractivity contribution in [1.29, 1.82) is 0 Å². The van der Waals surface area contributed by atoms with Crippen LogP contribution < -0.4 is 10.2 Å². The number of anilines is 1. The number of furan rings is 1. The van der Waals surface area contributed by atoms with Gasteiger partial charge in [0.25, 0.3) is 5.91 Å². The van der Waals surface area contributed by atoms with Gasteiger partial charge in [-0.2, -0.15) is 0 Å². The minimum absolute atomic E-state index is 0.0642. The maximum Gasteiger partial charge on any atom is 0.255 e. The van der Waals surface area contributed by atoms with Crippen molar-refractivity contribution in [2.75, 3.05) is 18.0 Å². The summed E-state index contributed by atoms with van der Waals surface area (Å²) in [5, 5.41) is 3.87. The second-order valence-corrected chi connectivity index (χ2v) is 12.2. The van der Waals surface area contributed by atoms with E-state index in [1.54, 1.807) is 17.6 Å². The fourth-order valence-corrected chi connectivity index (χ4v) is 6.63. The summed E-state index contributed by atoms with van der Waals surface area (Å²) in [6.07, 6.45) is 10.5. The number of carbonyl (C=O) groups excluding carboxylic acids is 1. The van der Waals surface area contributed by atoms with Gasteiger partial charge in [0.2, 0.25) is 0 Å². The smallest absolute Gasteiger partial charge is 0.255 e. The number of fused-ring (bicyclic) bond motifs is 1. The molecule has 0 radical (unpaired) electrons. The lowest BCUT2D eigenvalue weighted by molar-refractivity contribution is 0.0947. The molecule has 2 aromatic heterocycles. The van der Waals surface area contributed by atoms with E-state index in [-0.39, 0.29) is 11.3 Å². The minimum Gasteiger partial charge on any atom is -0.467 e. The highest BCUT2D eigenvalue weighted by atomic mass is 32.1. The Morgan fingerprint density at radius 2 is 1.94 bits per heavy atom. The summed E-state index contributed by atoms with van der Waals surface area (Å²) in [6.45, 7) is 9.61. The summed E-state index contributed by atoms with van der Waals surface area (Å²) in [5.41, 5.74) is 4.52. The van der Waals surface area contributed by atoms with E-state index in [1.165, 1.54) is 35.4 Å². The first-order chi connectivity index (χ1) is 17.4. The molecule has 1 fully saturated rings. The summed E-state index contributed by atoms with van der Waals surface area (Å²) in [5.74, 6) is 1.30. The Morgan fingerprint density at radius 1 is 1.17 bits per heavy atom. The second kappa shape index (κ2) is 10.6. The quantitative estimate of drug-likeness (QED) is 0.363. The van der Waals surface area contributed by atoms with Crippen molar-refractivity contribution in [3.8, 4) is 0 Å². The van der Waals surface area contributed by atoms with Crippen LogP contribution in [0.25, 0.3) is 0 Å². The number of benzene rings is 1. The normalized spacial score (nSPS) is 18.4. The number of hydrogen-bond donors (Lipinski definition) is 1. The average molecular weight is 504 g/mol. The van der Waals surface area contributed by atoms with Gasteiger partial charge in [-0.1, -0.05) is 32.9 Å². The number of carbonyl (C=O) groups is 1. The third-order valence-electron chi connectivity index (χ3n) is 7.65. The maximum absolute atomic E-state index is 13.4. The van der Waals surface area contributed by atoms with E-state index < -0.39 is 0 Å². The Kier molecular flexibility index (Phi) is 7.33. The lowest BCUT2D eigenvalue weighted by Gasteiger charge is -2.33. The van der Waals surface area contributed by atoms with Gasteiger partial charge in [0.05, 0.1) is 18.4 Å². The molecule has 190 valence electrons. The van der Waals surface area contributed by atoms with Crippen molar-refractivity contribution in [2.45, 2.75) is 65.8 Å². The van der Waals surface area contributed by atoms with Crippen LogP contribution in [0.15, 0.2) is 52.1 Å². The van der Waals surface area contributed by atoms with E-state index in [1.807, 2.05) is 18.3 Å². The molecule has 0 spiro atoms. The molecule has 5 nitrogen and oxygen atoms in total. The number of nitrogens with one attached hydrogen (secondary N) is 1. The maximum atomic E-state index is 13.4. The van der Waals surface area contributed by atoms with E-state index >= 15 is 0 Å². The van der Waals surface area contributed by atoms with Crippen LogP contribution in [0.3, 0.4) is 0 Å². The number of amides is 1. The van der Waals surface area contributed by atoms with Crippen molar-refractivity contribution in [3.05, 3.63) is 70.0 Å². The minimum atomic E-state index is -0.0642. The third kappa shape index (κ3) is 5.59. The Bertz CT molecular complexity index is 1200. The molecule has 1 aliphatic carbocycles. The molecular weight excluding hydrogens is 466 g/mol. The van der Waals surface area contributed by atoms with Crippen LogP contribution in [0.2, 0.25) is 0 Å². The van der Waals surface area contributed by atoms with Gasteiger partial charge in [-0.3, -0.25) is 4.79 Å². The predicted octanol–water partition coefficient (Wildman–Crippen LogP) is 7.16. The van der Waals surface area contributed by atoms with Crippen LogP contribution in [0.5, 0.6) is 0 Å². The Balaban J connectivity index is 1.38. The topological polar surface area (TPSA) is 57.8 Å². The van der Waals surface area contributed by atoms with Crippen molar-refractivity contribution in [1.82, 2.24) is 5.32 Å². The molecule has 1 aromatic carbocycles. The van der Waals surface area contributed by atoms with Gasteiger partial charge in [0.15, 0.2) is 0 Å². The highest BCUT2D eigenvalue weighted by Gasteiger charge is 2.33. The van der Waals surface area contributed by atoms with Crippen LogP contribution in [-0.2, 0) is 19.4 Å². The molecule has 36 heavy (non-hydrogen) atoms. The Morgan fingerprint density at radius 3 is 2.64 bits per heavy atom. The van der Waals surface area contributed by atoms with Crippen LogP contribution >= 0.6 is 11.3 Å². The molecule has 5 rings (SSSR count). The van der Waals surface area contributed by atoms with Gasteiger partial charge in [-0.05, 0) is 85.3 Å². The summed E-state index contributed by atoms with van der Waals surface area (Å²) < 4.78 is 5.41. The summed E-state index contributed by atoms with van der Waals surface area (Å²) in [4.78, 5) is 22.0. The van der Waals surface area contributed by atoms with E-state index in [2.05, 4.69) is 55.3 Å². The van der Waals surface area contributed by atoms with Crippen LogP contribution in [-0.4, -0.2) is 25.2 Å². The van der Waals surface area contributed by atoms with Gasteiger partial charge < -0.3 is 14.6 Å². The van der Waals surface area contributed by atoms with Crippen LogP contribution in [0.4, 0.5) is 10.7 Å². The SMILES string of the molecule is CC(C)(C)[C@@H]1CCc2c(sc(N=Cc3ccc(N4CCCCC4)cc3)c2C(=O)NCc2ccco2)C1. The fourth-order valence-electron chi connectivity index (χ4n) is 5.36. The highest BCUT2D eigenvalue weighted by Crippen LogP contribution is 2.45. The zero-order valence-electron chi connectivity index (χ0n) is 21.7. The number of rotatable bonds is 6. The molecule has 1 aliphatic heterocycles. The van der Waals surface area contributed by atoms with Gasteiger partial charge in [0.1, 0.15) is 10.8 Å². The summed E-state index contributed by atoms with van der Waals surface area (Å²) in [7, 11) is 0. The number of hydrogen-bond acceptors (Lipinski definition) is 5. The third-order valence-corrected chi connectivity index (χ3v) is 8.81. The molecule has 3 heterocycles. The molecule has 1 amide bonds. The fraction of sp³-hybridized carbons (Fsp3) is 0.467. The first-order valence-corrected chi connectivity index (χ1v) is 14.0. The average Bonchev–Trinajstić information content (AvgIpc) is 3.53. The first-order valence-electron chi connectivity index (χ1n) is 13.2. The predicted molar refractivity (Wildman–Crippen MR) is 149 cm³/mol. The first kappa shape index (κ1) is 24.8. The molecule has 1 N–H and O–H groups in total. The van der Waals surface area contributed by atoms with Crippen molar-refractivity contribution >= 4 is 34.1 Å². The molecule has 0 bridgehead atoms. The van der Waals surface area contributed by atoms with E-state index in [0.29, 0.717) is 12.5 Å². The Labute approximate surface area is 218 Å².